The first-order valence-corrected chi connectivity index (χ1v) is 5.09. The highest BCUT2D eigenvalue weighted by Crippen LogP contribution is 2.42. The molecule has 0 amide bonds. The van der Waals surface area contributed by atoms with E-state index in [2.05, 4.69) is 34.6 Å². The maximum absolute atomic E-state index is 11.3. The third-order valence-corrected chi connectivity index (χ3v) is 3.41. The van der Waals surface area contributed by atoms with E-state index in [-0.39, 0.29) is 11.6 Å². The summed E-state index contributed by atoms with van der Waals surface area (Å²) in [6, 6.07) is 0. The van der Waals surface area contributed by atoms with Crippen molar-refractivity contribution in [1.29, 1.82) is 0 Å². The molecule has 1 heterocycles. The van der Waals surface area contributed by atoms with Gasteiger partial charge in [0.05, 0.1) is 6.42 Å². The van der Waals surface area contributed by atoms with Gasteiger partial charge in [-0.2, -0.15) is 0 Å². The summed E-state index contributed by atoms with van der Waals surface area (Å²) in [6.07, 6.45) is 0.590. The minimum Gasteiger partial charge on any atom is -0.459 e. The Morgan fingerprint density at radius 1 is 1.38 bits per heavy atom. The summed E-state index contributed by atoms with van der Waals surface area (Å²) in [7, 11) is 0. The second kappa shape index (κ2) is 3.32. The van der Waals surface area contributed by atoms with Crippen molar-refractivity contribution in [2.75, 3.05) is 0 Å². The zero-order valence-corrected chi connectivity index (χ0v) is 9.26. The third-order valence-electron chi connectivity index (χ3n) is 3.41. The Morgan fingerprint density at radius 2 is 1.92 bits per heavy atom. The van der Waals surface area contributed by atoms with Crippen molar-refractivity contribution in [2.45, 2.75) is 46.6 Å². The van der Waals surface area contributed by atoms with Gasteiger partial charge in [0.25, 0.3) is 0 Å². The summed E-state index contributed by atoms with van der Waals surface area (Å²) in [5.41, 5.74) is -0.245. The predicted molar refractivity (Wildman–Crippen MR) is 52.3 cm³/mol. The molecule has 0 spiro atoms. The van der Waals surface area contributed by atoms with E-state index < -0.39 is 0 Å². The molecule has 0 radical (unpaired) electrons. The first-order chi connectivity index (χ1) is 5.88. The Hall–Kier alpha value is -0.530. The molecule has 76 valence electrons. The van der Waals surface area contributed by atoms with Gasteiger partial charge in [-0.1, -0.05) is 27.7 Å². The molecule has 0 N–H and O–H groups in total. The molecule has 2 atom stereocenters. The molecule has 2 nitrogen and oxygen atoms in total. The lowest BCUT2D eigenvalue weighted by atomic mass is 9.74. The molecule has 0 saturated carbocycles. The molecule has 1 rings (SSSR count). The van der Waals surface area contributed by atoms with Gasteiger partial charge in [-0.15, -0.1) is 0 Å². The average molecular weight is 184 g/mol. The van der Waals surface area contributed by atoms with Crippen LogP contribution in [0.1, 0.15) is 41.0 Å². The lowest BCUT2D eigenvalue weighted by Crippen LogP contribution is -2.39. The van der Waals surface area contributed by atoms with Crippen LogP contribution in [-0.2, 0) is 9.53 Å². The Morgan fingerprint density at radius 3 is 2.23 bits per heavy atom. The van der Waals surface area contributed by atoms with E-state index in [1.807, 2.05) is 0 Å². The SMILES string of the molecule is CC(C)C1CC(=O)OC1(C)C(C)C. The quantitative estimate of drug-likeness (QED) is 0.617. The van der Waals surface area contributed by atoms with Crippen LogP contribution in [0.3, 0.4) is 0 Å². The second-order valence-corrected chi connectivity index (χ2v) is 4.87. The van der Waals surface area contributed by atoms with Gasteiger partial charge in [0.2, 0.25) is 0 Å². The van der Waals surface area contributed by atoms with Crippen LogP contribution in [0.4, 0.5) is 0 Å². The fraction of sp³-hybridized carbons (Fsp3) is 0.909. The fourth-order valence-corrected chi connectivity index (χ4v) is 2.19. The highest BCUT2D eigenvalue weighted by atomic mass is 16.6. The van der Waals surface area contributed by atoms with Crippen LogP contribution in [0.5, 0.6) is 0 Å². The summed E-state index contributed by atoms with van der Waals surface area (Å²) in [6.45, 7) is 10.6. The number of rotatable bonds is 2. The van der Waals surface area contributed by atoms with Crippen LogP contribution in [0.25, 0.3) is 0 Å². The summed E-state index contributed by atoms with van der Waals surface area (Å²) < 4.78 is 5.45. The highest BCUT2D eigenvalue weighted by Gasteiger charge is 2.48. The molecule has 13 heavy (non-hydrogen) atoms. The van der Waals surface area contributed by atoms with Gasteiger partial charge in [-0.25, -0.2) is 0 Å². The van der Waals surface area contributed by atoms with Gasteiger partial charge >= 0.3 is 5.97 Å². The first-order valence-electron chi connectivity index (χ1n) is 5.09. The van der Waals surface area contributed by atoms with Crippen molar-refractivity contribution in [2.24, 2.45) is 17.8 Å². The van der Waals surface area contributed by atoms with Crippen LogP contribution in [0.15, 0.2) is 0 Å². The molecule has 1 fully saturated rings. The lowest BCUT2D eigenvalue weighted by molar-refractivity contribution is -0.152. The zero-order valence-electron chi connectivity index (χ0n) is 9.26. The Balaban J connectivity index is 2.88. The monoisotopic (exact) mass is 184 g/mol. The van der Waals surface area contributed by atoms with E-state index in [9.17, 15) is 4.79 Å². The normalized spacial score (nSPS) is 34.4. The van der Waals surface area contributed by atoms with E-state index in [0.717, 1.165) is 0 Å². The van der Waals surface area contributed by atoms with Crippen molar-refractivity contribution in [1.82, 2.24) is 0 Å². The van der Waals surface area contributed by atoms with Crippen LogP contribution in [-0.4, -0.2) is 11.6 Å². The summed E-state index contributed by atoms with van der Waals surface area (Å²) in [5.74, 6) is 1.25. The largest absolute Gasteiger partial charge is 0.459 e. The minimum atomic E-state index is -0.245. The Bertz CT molecular complexity index is 208. The van der Waals surface area contributed by atoms with Crippen molar-refractivity contribution in [3.8, 4) is 0 Å². The topological polar surface area (TPSA) is 26.3 Å². The van der Waals surface area contributed by atoms with Crippen molar-refractivity contribution < 1.29 is 9.53 Å². The number of carbonyl (C=O) groups excluding carboxylic acids is 1. The average Bonchev–Trinajstić information content (AvgIpc) is 2.27. The van der Waals surface area contributed by atoms with Crippen LogP contribution in [0, 0.1) is 17.8 Å². The van der Waals surface area contributed by atoms with Crippen molar-refractivity contribution >= 4 is 5.97 Å². The second-order valence-electron chi connectivity index (χ2n) is 4.87. The van der Waals surface area contributed by atoms with Gasteiger partial charge in [0.1, 0.15) is 5.60 Å². The van der Waals surface area contributed by atoms with Gasteiger partial charge in [-0.3, -0.25) is 4.79 Å². The van der Waals surface area contributed by atoms with Crippen molar-refractivity contribution in [3.63, 3.8) is 0 Å². The summed E-state index contributed by atoms with van der Waals surface area (Å²) >= 11 is 0. The molecule has 0 aromatic carbocycles. The van der Waals surface area contributed by atoms with E-state index in [4.69, 9.17) is 4.74 Å². The fourth-order valence-electron chi connectivity index (χ4n) is 2.19. The molecule has 2 unspecified atom stereocenters. The van der Waals surface area contributed by atoms with E-state index >= 15 is 0 Å². The van der Waals surface area contributed by atoms with E-state index in [1.54, 1.807) is 0 Å². The number of cyclic esters (lactones) is 1. The molecule has 2 heteroatoms. The maximum atomic E-state index is 11.3. The molecule has 1 aliphatic heterocycles. The summed E-state index contributed by atoms with van der Waals surface area (Å²) in [4.78, 5) is 11.3. The third kappa shape index (κ3) is 1.72. The molecule has 1 saturated heterocycles. The van der Waals surface area contributed by atoms with Gasteiger partial charge in [0.15, 0.2) is 0 Å². The molecule has 0 aromatic heterocycles. The van der Waals surface area contributed by atoms with E-state index in [0.29, 0.717) is 24.2 Å². The number of hydrogen-bond acceptors (Lipinski definition) is 2. The van der Waals surface area contributed by atoms with Crippen LogP contribution in [0.2, 0.25) is 0 Å². The van der Waals surface area contributed by atoms with Crippen LogP contribution < -0.4 is 0 Å². The minimum absolute atomic E-state index is 0.0325. The zero-order chi connectivity index (χ0) is 10.2. The standard InChI is InChI=1S/C11H20O2/c1-7(2)9-6-10(12)13-11(9,5)8(3)4/h7-9H,6H2,1-5H3. The first kappa shape index (κ1) is 10.6. The van der Waals surface area contributed by atoms with E-state index in [1.165, 1.54) is 0 Å². The van der Waals surface area contributed by atoms with Crippen LogP contribution >= 0.6 is 0 Å². The molecule has 0 bridgehead atoms. The molecule has 1 aliphatic rings. The molecule has 0 aliphatic carbocycles. The van der Waals surface area contributed by atoms with Gasteiger partial charge in [0, 0.05) is 5.92 Å². The van der Waals surface area contributed by atoms with Gasteiger partial charge in [-0.05, 0) is 18.8 Å². The number of esters is 1. The summed E-state index contributed by atoms with van der Waals surface area (Å²) in [5, 5.41) is 0. The van der Waals surface area contributed by atoms with Crippen molar-refractivity contribution in [3.05, 3.63) is 0 Å². The Kier molecular flexibility index (Phi) is 2.69. The lowest BCUT2D eigenvalue weighted by Gasteiger charge is -2.35. The van der Waals surface area contributed by atoms with Gasteiger partial charge < -0.3 is 4.74 Å². The number of carbonyl (C=O) groups is 1. The maximum Gasteiger partial charge on any atom is 0.306 e. The predicted octanol–water partition coefficient (Wildman–Crippen LogP) is 2.62. The molecular formula is C11H20O2. The Labute approximate surface area is 80.7 Å². The number of ether oxygens (including phenoxy) is 1. The smallest absolute Gasteiger partial charge is 0.306 e. The molecule has 0 aromatic rings. The highest BCUT2D eigenvalue weighted by molar-refractivity contribution is 5.73. The number of hydrogen-bond donors (Lipinski definition) is 0. The molecular weight excluding hydrogens is 164 g/mol.